The van der Waals surface area contributed by atoms with E-state index >= 15 is 0 Å². The minimum atomic E-state index is -3.49. The molecule has 1 N–H and O–H groups in total. The van der Waals surface area contributed by atoms with E-state index in [2.05, 4.69) is 25.7 Å². The first-order valence-electron chi connectivity index (χ1n) is 10.9. The molecule has 7 nitrogen and oxygen atoms in total. The summed E-state index contributed by atoms with van der Waals surface area (Å²) in [5.74, 6) is 0. The molecule has 0 amide bonds. The maximum Gasteiger partial charge on any atom is 0.243 e. The van der Waals surface area contributed by atoms with Crippen molar-refractivity contribution in [1.82, 2.24) is 9.21 Å². The molecular formula is C22H36N2O5S. The molecule has 0 aromatic heterocycles. The van der Waals surface area contributed by atoms with E-state index in [0.717, 1.165) is 25.0 Å². The van der Waals surface area contributed by atoms with Crippen molar-refractivity contribution in [3.63, 3.8) is 0 Å². The summed E-state index contributed by atoms with van der Waals surface area (Å²) in [6, 6.07) is 7.21. The lowest BCUT2D eigenvalue weighted by Gasteiger charge is -2.35. The molecule has 1 aromatic carbocycles. The Morgan fingerprint density at radius 3 is 2.40 bits per heavy atom. The average molecular weight is 441 g/mol. The number of hydrogen-bond acceptors (Lipinski definition) is 6. The smallest absolute Gasteiger partial charge is 0.243 e. The van der Waals surface area contributed by atoms with Gasteiger partial charge in [0.05, 0.1) is 30.3 Å². The minimum absolute atomic E-state index is 0.0113. The number of β-amino-alcohol motifs (C(OH)–C–C–N with tert-alkyl or cyclic N) is 1. The van der Waals surface area contributed by atoms with Gasteiger partial charge >= 0.3 is 0 Å². The fourth-order valence-corrected chi connectivity index (χ4v) is 5.31. The summed E-state index contributed by atoms with van der Waals surface area (Å²) in [5.41, 5.74) is 1.10. The van der Waals surface area contributed by atoms with Crippen LogP contribution in [0, 0.1) is 0 Å². The number of ether oxygens (including phenoxy) is 2. The second kappa shape index (κ2) is 10.1. The van der Waals surface area contributed by atoms with Crippen LogP contribution in [0.15, 0.2) is 29.2 Å². The Bertz CT molecular complexity index is 762. The first kappa shape index (κ1) is 23.6. The van der Waals surface area contributed by atoms with Crippen LogP contribution in [0.1, 0.15) is 39.2 Å². The fourth-order valence-electron chi connectivity index (χ4n) is 3.89. The summed E-state index contributed by atoms with van der Waals surface area (Å²) < 4.78 is 38.6. The molecule has 2 saturated heterocycles. The van der Waals surface area contributed by atoms with Crippen LogP contribution in [0.2, 0.25) is 0 Å². The maximum absolute atomic E-state index is 13.0. The zero-order valence-electron chi connectivity index (χ0n) is 18.4. The molecule has 0 unspecified atom stereocenters. The van der Waals surface area contributed by atoms with Gasteiger partial charge in [-0.25, -0.2) is 8.42 Å². The van der Waals surface area contributed by atoms with E-state index in [1.54, 1.807) is 12.1 Å². The number of sulfonamides is 1. The van der Waals surface area contributed by atoms with E-state index in [1.165, 1.54) is 4.31 Å². The van der Waals surface area contributed by atoms with Crippen LogP contribution in [0.3, 0.4) is 0 Å². The number of piperazine rings is 1. The van der Waals surface area contributed by atoms with Gasteiger partial charge in [-0.2, -0.15) is 4.31 Å². The van der Waals surface area contributed by atoms with Crippen molar-refractivity contribution < 1.29 is 23.0 Å². The lowest BCUT2D eigenvalue weighted by atomic mass is 9.87. The molecule has 2 fully saturated rings. The van der Waals surface area contributed by atoms with E-state index < -0.39 is 16.1 Å². The van der Waals surface area contributed by atoms with E-state index in [-0.39, 0.29) is 18.1 Å². The van der Waals surface area contributed by atoms with Crippen molar-refractivity contribution in [2.75, 3.05) is 52.5 Å². The standard InChI is InChI=1S/C22H36N2O5S/c1-22(2,3)18-6-8-21(9-7-18)30(26,27)24-12-10-23(11-13-24)15-19(25)16-28-17-20-5-4-14-29-20/h6-9,19-20,25H,4-5,10-17H2,1-3H3/t19-,20-/m1/s1. The van der Waals surface area contributed by atoms with Crippen LogP contribution in [0.5, 0.6) is 0 Å². The largest absolute Gasteiger partial charge is 0.389 e. The Kier molecular flexibility index (Phi) is 7.92. The van der Waals surface area contributed by atoms with Gasteiger partial charge in [0.25, 0.3) is 0 Å². The Balaban J connectivity index is 1.44. The van der Waals surface area contributed by atoms with Gasteiger partial charge in [0, 0.05) is 39.3 Å². The molecule has 0 aliphatic carbocycles. The van der Waals surface area contributed by atoms with Crippen LogP contribution in [-0.4, -0.2) is 87.5 Å². The molecule has 3 rings (SSSR count). The van der Waals surface area contributed by atoms with Gasteiger partial charge < -0.3 is 14.6 Å². The summed E-state index contributed by atoms with van der Waals surface area (Å²) >= 11 is 0. The molecule has 1 aromatic rings. The van der Waals surface area contributed by atoms with Gasteiger partial charge in [-0.05, 0) is 36.0 Å². The molecule has 0 spiro atoms. The van der Waals surface area contributed by atoms with Gasteiger partial charge in [-0.1, -0.05) is 32.9 Å². The molecule has 0 radical (unpaired) electrons. The van der Waals surface area contributed by atoms with Crippen LogP contribution >= 0.6 is 0 Å². The molecule has 30 heavy (non-hydrogen) atoms. The Hall–Kier alpha value is -1.03. The summed E-state index contributed by atoms with van der Waals surface area (Å²) in [5, 5.41) is 10.2. The monoisotopic (exact) mass is 440 g/mol. The Labute approximate surface area is 181 Å². The van der Waals surface area contributed by atoms with Gasteiger partial charge in [-0.3, -0.25) is 4.90 Å². The molecule has 170 valence electrons. The highest BCUT2D eigenvalue weighted by atomic mass is 32.2. The van der Waals surface area contributed by atoms with Gasteiger partial charge in [0.15, 0.2) is 0 Å². The third-order valence-electron chi connectivity index (χ3n) is 5.80. The molecule has 0 saturated carbocycles. The van der Waals surface area contributed by atoms with Gasteiger partial charge in [-0.15, -0.1) is 0 Å². The van der Waals surface area contributed by atoms with Crippen molar-refractivity contribution in [3.05, 3.63) is 29.8 Å². The van der Waals surface area contributed by atoms with Crippen LogP contribution < -0.4 is 0 Å². The highest BCUT2D eigenvalue weighted by Crippen LogP contribution is 2.25. The van der Waals surface area contributed by atoms with Crippen LogP contribution in [-0.2, 0) is 24.9 Å². The van der Waals surface area contributed by atoms with Gasteiger partial charge in [0.2, 0.25) is 10.0 Å². The minimum Gasteiger partial charge on any atom is -0.389 e. The van der Waals surface area contributed by atoms with Crippen molar-refractivity contribution in [1.29, 1.82) is 0 Å². The number of rotatable bonds is 8. The lowest BCUT2D eigenvalue weighted by Crippen LogP contribution is -2.50. The van der Waals surface area contributed by atoms with E-state index in [4.69, 9.17) is 9.47 Å². The van der Waals surface area contributed by atoms with E-state index in [9.17, 15) is 13.5 Å². The second-order valence-electron chi connectivity index (χ2n) is 9.31. The SMILES string of the molecule is CC(C)(C)c1ccc(S(=O)(=O)N2CCN(C[C@@H](O)COC[C@H]3CCCO3)CC2)cc1. The molecule has 2 heterocycles. The molecule has 0 bridgehead atoms. The van der Waals surface area contributed by atoms with Crippen LogP contribution in [0.4, 0.5) is 0 Å². The summed E-state index contributed by atoms with van der Waals surface area (Å²) in [4.78, 5) is 2.43. The van der Waals surface area contributed by atoms with Crippen molar-refractivity contribution >= 4 is 10.0 Å². The number of benzene rings is 1. The number of aliphatic hydroxyl groups excluding tert-OH is 1. The summed E-state index contributed by atoms with van der Waals surface area (Å²) in [6.45, 7) is 10.5. The third kappa shape index (κ3) is 6.24. The summed E-state index contributed by atoms with van der Waals surface area (Å²) in [6.07, 6.45) is 1.67. The lowest BCUT2D eigenvalue weighted by molar-refractivity contribution is -0.0270. The van der Waals surface area contributed by atoms with Crippen LogP contribution in [0.25, 0.3) is 0 Å². The van der Waals surface area contributed by atoms with Crippen molar-refractivity contribution in [2.45, 2.75) is 56.1 Å². The maximum atomic E-state index is 13.0. The number of hydrogen-bond donors (Lipinski definition) is 1. The summed E-state index contributed by atoms with van der Waals surface area (Å²) in [7, 11) is -3.49. The van der Waals surface area contributed by atoms with Crippen molar-refractivity contribution in [2.24, 2.45) is 0 Å². The first-order chi connectivity index (χ1) is 14.2. The fraction of sp³-hybridized carbons (Fsp3) is 0.727. The predicted octanol–water partition coefficient (Wildman–Crippen LogP) is 1.85. The first-order valence-corrected chi connectivity index (χ1v) is 12.3. The Morgan fingerprint density at radius 1 is 1.17 bits per heavy atom. The predicted molar refractivity (Wildman–Crippen MR) is 116 cm³/mol. The average Bonchev–Trinajstić information content (AvgIpc) is 3.21. The van der Waals surface area contributed by atoms with E-state index in [1.807, 2.05) is 12.1 Å². The van der Waals surface area contributed by atoms with Crippen molar-refractivity contribution in [3.8, 4) is 0 Å². The molecular weight excluding hydrogens is 404 g/mol. The number of nitrogens with zero attached hydrogens (tertiary/aromatic N) is 2. The Morgan fingerprint density at radius 2 is 1.83 bits per heavy atom. The molecule has 2 atom stereocenters. The molecule has 2 aliphatic rings. The quantitative estimate of drug-likeness (QED) is 0.665. The molecule has 2 aliphatic heterocycles. The zero-order chi connectivity index (χ0) is 21.8. The van der Waals surface area contributed by atoms with E-state index in [0.29, 0.717) is 44.2 Å². The topological polar surface area (TPSA) is 79.3 Å². The zero-order valence-corrected chi connectivity index (χ0v) is 19.2. The third-order valence-corrected chi connectivity index (χ3v) is 7.71. The second-order valence-corrected chi connectivity index (χ2v) is 11.2. The van der Waals surface area contributed by atoms with Gasteiger partial charge in [0.1, 0.15) is 0 Å². The molecule has 8 heteroatoms. The number of aliphatic hydroxyl groups is 1. The highest BCUT2D eigenvalue weighted by molar-refractivity contribution is 7.89. The normalized spacial score (nSPS) is 23.0. The highest BCUT2D eigenvalue weighted by Gasteiger charge is 2.29.